The van der Waals surface area contributed by atoms with Gasteiger partial charge in [0.25, 0.3) is 0 Å². The van der Waals surface area contributed by atoms with E-state index in [2.05, 4.69) is 23.0 Å². The molecule has 0 unspecified atom stereocenters. The Labute approximate surface area is 161 Å². The zero-order valence-electron chi connectivity index (χ0n) is 19.1. The minimum atomic E-state index is -1.92. The zero-order valence-corrected chi connectivity index (χ0v) is 16.1. The molecule has 144 valence electrons. The van der Waals surface area contributed by atoms with Crippen LogP contribution in [0.3, 0.4) is 0 Å². The van der Waals surface area contributed by atoms with Gasteiger partial charge in [0, 0.05) is 16.4 Å². The number of nitrogens with zero attached hydrogens (tertiary/aromatic N) is 2. The van der Waals surface area contributed by atoms with Crippen LogP contribution in [-0.4, -0.2) is 26.2 Å². The van der Waals surface area contributed by atoms with Crippen molar-refractivity contribution in [3.63, 3.8) is 0 Å². The fourth-order valence-corrected chi connectivity index (χ4v) is 2.97. The number of carbonyl (C=O) groups excluding carboxylic acids is 1. The summed E-state index contributed by atoms with van der Waals surface area (Å²) < 4.78 is 26.1. The van der Waals surface area contributed by atoms with Crippen LogP contribution in [0.2, 0.25) is 0 Å². The van der Waals surface area contributed by atoms with Crippen molar-refractivity contribution in [2.75, 3.05) is 13.7 Å². The molecule has 0 bridgehead atoms. The predicted molar refractivity (Wildman–Crippen MR) is 103 cm³/mol. The Morgan fingerprint density at radius 2 is 1.77 bits per heavy atom. The molecule has 0 radical (unpaired) electrons. The van der Waals surface area contributed by atoms with Gasteiger partial charge in [0.05, 0.1) is 16.4 Å². The minimum absolute atomic E-state index is 0.180. The van der Waals surface area contributed by atoms with Crippen LogP contribution in [0.1, 0.15) is 55.1 Å². The highest BCUT2D eigenvalue weighted by molar-refractivity contribution is 5.88. The van der Waals surface area contributed by atoms with Crippen molar-refractivity contribution in [1.29, 1.82) is 12.2 Å². The smallest absolute Gasteiger partial charge is 0.333 e. The molecule has 0 saturated carbocycles. The van der Waals surface area contributed by atoms with Crippen LogP contribution in [0.15, 0.2) is 47.6 Å². The fraction of sp³-hybridized carbons (Fsp3) is 0.571. The van der Waals surface area contributed by atoms with Gasteiger partial charge >= 0.3 is 5.97 Å². The van der Waals surface area contributed by atoms with E-state index in [1.54, 1.807) is 0 Å². The number of hydrogen-bond donors (Lipinski definition) is 1. The van der Waals surface area contributed by atoms with E-state index < -0.39 is 6.56 Å². The number of hydrogen-bond acceptors (Lipinski definition) is 5. The first kappa shape index (κ1) is 18.6. The highest BCUT2D eigenvalue weighted by Crippen LogP contribution is 2.28. The van der Waals surface area contributed by atoms with Crippen molar-refractivity contribution >= 4 is 5.97 Å². The molecule has 26 heavy (non-hydrogen) atoms. The molecule has 0 aromatic rings. The summed E-state index contributed by atoms with van der Waals surface area (Å²) in [5.74, 6) is 0.828. The molecule has 0 amide bonds. The number of carbonyl (C=O) groups is 1. The van der Waals surface area contributed by atoms with Crippen LogP contribution in [0, 0.1) is 22.6 Å². The van der Waals surface area contributed by atoms with Gasteiger partial charge in [-0.3, -0.25) is 0 Å². The maximum atomic E-state index is 11.1. The van der Waals surface area contributed by atoms with E-state index in [-0.39, 0.29) is 5.97 Å². The summed E-state index contributed by atoms with van der Waals surface area (Å²) in [6.45, 7) is 9.94. The second kappa shape index (κ2) is 13.1. The molecule has 5 nitrogen and oxygen atoms in total. The van der Waals surface area contributed by atoms with E-state index in [0.29, 0.717) is 23.8 Å². The average Bonchev–Trinajstić information content (AvgIpc) is 2.75. The summed E-state index contributed by atoms with van der Waals surface area (Å²) in [5, 5.41) is 16.1. The molecule has 0 spiro atoms. The Morgan fingerprint density at radius 3 is 2.12 bits per heavy atom. The second-order valence-corrected chi connectivity index (χ2v) is 6.69. The van der Waals surface area contributed by atoms with Gasteiger partial charge in [-0.25, -0.2) is 4.79 Å². The normalized spacial score (nSPS) is 23.7. The quantitative estimate of drug-likeness (QED) is 0.431. The average molecular weight is 364 g/mol. The van der Waals surface area contributed by atoms with Gasteiger partial charge in [-0.2, -0.15) is 0 Å². The number of ether oxygens (including phenoxy) is 1. The molecular formula is C21H32N2O3. The number of allylic oxidation sites excluding steroid dienone is 4. The Balaban J connectivity index is 0.000000499. The van der Waals surface area contributed by atoms with Gasteiger partial charge in [-0.05, 0) is 69.8 Å². The molecule has 0 heterocycles. The fourth-order valence-electron chi connectivity index (χ4n) is 2.97. The van der Waals surface area contributed by atoms with Gasteiger partial charge in [0.15, 0.2) is 0 Å². The van der Waals surface area contributed by atoms with E-state index in [4.69, 9.17) is 15.0 Å². The third-order valence-electron chi connectivity index (χ3n) is 4.79. The van der Waals surface area contributed by atoms with Crippen LogP contribution in [0.4, 0.5) is 0 Å². The zero-order chi connectivity index (χ0) is 22.6. The monoisotopic (exact) mass is 363 g/mol. The van der Waals surface area contributed by atoms with E-state index in [1.807, 2.05) is 26.0 Å². The molecule has 0 aromatic heterocycles. The Hall–Kier alpha value is -2.19. The summed E-state index contributed by atoms with van der Waals surface area (Å²) in [6, 6.07) is 0. The molecule has 2 aliphatic rings. The first-order chi connectivity index (χ1) is 13.6. The second-order valence-electron chi connectivity index (χ2n) is 6.69. The molecule has 0 aromatic carbocycles. The lowest BCUT2D eigenvalue weighted by Crippen LogP contribution is -2.12. The van der Waals surface area contributed by atoms with Gasteiger partial charge < -0.3 is 9.85 Å². The summed E-state index contributed by atoms with van der Waals surface area (Å²) in [7, 11) is 1.42. The summed E-state index contributed by atoms with van der Waals surface area (Å²) >= 11 is 0. The summed E-state index contributed by atoms with van der Waals surface area (Å²) in [4.78, 5) is 11.1. The summed E-state index contributed by atoms with van der Waals surface area (Å²) in [6.07, 6.45) is 8.98. The third-order valence-corrected chi connectivity index (χ3v) is 4.79. The molecule has 0 aliphatic heterocycles. The molecule has 2 aliphatic carbocycles. The predicted octanol–water partition coefficient (Wildman–Crippen LogP) is 4.77. The number of esters is 1. The topological polar surface area (TPSA) is 94.1 Å². The number of methoxy groups -OCH3 is 1. The largest absolute Gasteiger partial charge is 0.466 e. The van der Waals surface area contributed by atoms with Crippen molar-refractivity contribution in [2.45, 2.75) is 52.4 Å². The van der Waals surface area contributed by atoms with Crippen LogP contribution < -0.4 is 0 Å². The Kier molecular flexibility index (Phi) is 9.35. The van der Waals surface area contributed by atoms with Crippen LogP contribution in [-0.2, 0) is 9.53 Å². The lowest BCUT2D eigenvalue weighted by molar-refractivity contribution is -0.136. The van der Waals surface area contributed by atoms with Crippen molar-refractivity contribution in [2.24, 2.45) is 11.8 Å². The Bertz CT molecular complexity index is 669. The van der Waals surface area contributed by atoms with Gasteiger partial charge in [0.1, 0.15) is 0 Å². The van der Waals surface area contributed by atoms with E-state index >= 15 is 0 Å². The number of aliphatic hydroxyl groups is 1. The van der Waals surface area contributed by atoms with E-state index in [0.717, 1.165) is 43.3 Å². The molecule has 0 fully saturated rings. The molecular weight excluding hydrogens is 328 g/mol. The minimum Gasteiger partial charge on any atom is -0.466 e. The van der Waals surface area contributed by atoms with Crippen LogP contribution in [0.25, 0.3) is 0 Å². The molecule has 2 atom stereocenters. The molecule has 2 rings (SSSR count). The maximum Gasteiger partial charge on any atom is 0.333 e. The summed E-state index contributed by atoms with van der Waals surface area (Å²) in [5.41, 5.74) is 3.76. The van der Waals surface area contributed by atoms with E-state index in [9.17, 15) is 4.79 Å². The number of rotatable bonds is 5. The molecule has 5 heteroatoms. The standard InChI is InChI=1S/C11H16O2.C10H16O.N2/c1-8(2)9-4-6-10(7-5-9)11(12)13-3;1-8(2)10-5-3-9(7-11)4-6-10;1-2/h6,9H,1,4-5,7H2,2-3H3;3,10-11H,1,4-7H2,2H3;/t9-;10-;/m11./s1/i;7D2,11D;. The van der Waals surface area contributed by atoms with Crippen LogP contribution >= 0.6 is 0 Å². The van der Waals surface area contributed by atoms with Gasteiger partial charge in [-0.1, -0.05) is 36.5 Å². The molecule has 0 saturated heterocycles. The van der Waals surface area contributed by atoms with Crippen molar-refractivity contribution < 1.29 is 17.4 Å². The van der Waals surface area contributed by atoms with E-state index in [1.165, 1.54) is 12.7 Å². The first-order valence-corrected chi connectivity index (χ1v) is 8.74. The van der Waals surface area contributed by atoms with Crippen molar-refractivity contribution in [1.82, 2.24) is 0 Å². The lowest BCUT2D eigenvalue weighted by Gasteiger charge is -2.20. The van der Waals surface area contributed by atoms with Crippen LogP contribution in [0.5, 0.6) is 0 Å². The van der Waals surface area contributed by atoms with Crippen molar-refractivity contribution in [3.8, 4) is 0 Å². The first-order valence-electron chi connectivity index (χ1n) is 10.1. The highest BCUT2D eigenvalue weighted by atomic mass is 16.5. The molecule has 1 N–H and O–H groups in total. The van der Waals surface area contributed by atoms with Gasteiger partial charge in [0.2, 0.25) is 1.43 Å². The van der Waals surface area contributed by atoms with Gasteiger partial charge in [-0.15, -0.1) is 0 Å². The maximum absolute atomic E-state index is 11.1. The lowest BCUT2D eigenvalue weighted by atomic mass is 9.85. The Morgan fingerprint density at radius 1 is 1.23 bits per heavy atom. The SMILES string of the molecule is C=C(C)[C@@H]1CC=C(C(=O)OC)CC1.N#N.[2H]OC([2H])([2H])C1=CC[C@@H](C(=C)C)CC1. The third kappa shape index (κ3) is 8.26. The highest BCUT2D eigenvalue weighted by Gasteiger charge is 2.19. The van der Waals surface area contributed by atoms with Crippen molar-refractivity contribution in [3.05, 3.63) is 47.6 Å².